The number of aryl methyl sites for hydroxylation is 1. The van der Waals surface area contributed by atoms with Crippen LogP contribution in [0.15, 0.2) is 29.2 Å². The summed E-state index contributed by atoms with van der Waals surface area (Å²) in [6, 6.07) is 6.49. The van der Waals surface area contributed by atoms with E-state index in [-0.39, 0.29) is 11.3 Å². The molecule has 0 spiro atoms. The van der Waals surface area contributed by atoms with Crippen molar-refractivity contribution in [3.05, 3.63) is 29.8 Å². The summed E-state index contributed by atoms with van der Waals surface area (Å²) < 4.78 is 23.9. The van der Waals surface area contributed by atoms with Gasteiger partial charge in [0.2, 0.25) is 0 Å². The molecule has 1 aliphatic carbocycles. The molecule has 86 valence electrons. The fourth-order valence-corrected chi connectivity index (χ4v) is 3.55. The van der Waals surface area contributed by atoms with Crippen molar-refractivity contribution in [3.63, 3.8) is 0 Å². The van der Waals surface area contributed by atoms with Gasteiger partial charge in [0, 0.05) is 0 Å². The second-order valence-corrected chi connectivity index (χ2v) is 6.24. The van der Waals surface area contributed by atoms with Crippen molar-refractivity contribution in [2.45, 2.75) is 23.5 Å². The second kappa shape index (κ2) is 3.59. The van der Waals surface area contributed by atoms with E-state index in [0.29, 0.717) is 0 Å². The van der Waals surface area contributed by atoms with Crippen molar-refractivity contribution in [2.75, 3.05) is 0 Å². The minimum absolute atomic E-state index is 0.215. The molecule has 0 aromatic heterocycles. The van der Waals surface area contributed by atoms with E-state index in [0.717, 1.165) is 5.56 Å². The molecule has 1 fully saturated rings. The quantitative estimate of drug-likeness (QED) is 0.862. The smallest absolute Gasteiger partial charge is 0.307 e. The first-order valence-electron chi connectivity index (χ1n) is 4.96. The molecule has 5 heteroatoms. The SMILES string of the molecule is Cc1ccc(S(=O)(=O)[C@@H]2C[C@@H]2C(=O)O)cc1. The molecule has 16 heavy (non-hydrogen) atoms. The number of carboxylic acids is 1. The van der Waals surface area contributed by atoms with Gasteiger partial charge in [-0.1, -0.05) is 17.7 Å². The van der Waals surface area contributed by atoms with Gasteiger partial charge in [0.25, 0.3) is 0 Å². The number of carbonyl (C=O) groups is 1. The van der Waals surface area contributed by atoms with Gasteiger partial charge in [-0.15, -0.1) is 0 Å². The molecule has 2 atom stereocenters. The van der Waals surface area contributed by atoms with Crippen molar-refractivity contribution in [3.8, 4) is 0 Å². The van der Waals surface area contributed by atoms with Gasteiger partial charge in [-0.2, -0.15) is 0 Å². The summed E-state index contributed by atoms with van der Waals surface area (Å²) in [6.45, 7) is 1.87. The molecule has 0 bridgehead atoms. The number of sulfone groups is 1. The molecule has 4 nitrogen and oxygen atoms in total. The molecule has 0 aliphatic heterocycles. The third-order valence-electron chi connectivity index (χ3n) is 2.80. The Morgan fingerprint density at radius 3 is 2.31 bits per heavy atom. The second-order valence-electron chi connectivity index (χ2n) is 4.08. The summed E-state index contributed by atoms with van der Waals surface area (Å²) in [5.74, 6) is -1.76. The molecule has 1 aliphatic rings. The van der Waals surface area contributed by atoms with E-state index in [9.17, 15) is 13.2 Å². The van der Waals surface area contributed by atoms with Gasteiger partial charge in [-0.25, -0.2) is 8.42 Å². The van der Waals surface area contributed by atoms with Crippen LogP contribution in [0.1, 0.15) is 12.0 Å². The highest BCUT2D eigenvalue weighted by Crippen LogP contribution is 2.40. The summed E-state index contributed by atoms with van der Waals surface area (Å²) in [5.41, 5.74) is 0.976. The normalized spacial score (nSPS) is 24.1. The Morgan fingerprint density at radius 1 is 1.31 bits per heavy atom. The lowest BCUT2D eigenvalue weighted by molar-refractivity contribution is -0.138. The van der Waals surface area contributed by atoms with Crippen LogP contribution in [0, 0.1) is 12.8 Å². The monoisotopic (exact) mass is 240 g/mol. The molecule has 0 saturated heterocycles. The van der Waals surface area contributed by atoms with E-state index in [4.69, 9.17) is 5.11 Å². The van der Waals surface area contributed by atoms with Crippen LogP contribution in [-0.4, -0.2) is 24.7 Å². The van der Waals surface area contributed by atoms with Gasteiger partial charge < -0.3 is 5.11 Å². The highest BCUT2D eigenvalue weighted by Gasteiger charge is 2.52. The fraction of sp³-hybridized carbons (Fsp3) is 0.364. The molecule has 1 aromatic carbocycles. The summed E-state index contributed by atoms with van der Waals surface area (Å²) in [4.78, 5) is 10.9. The third kappa shape index (κ3) is 1.82. The first-order valence-corrected chi connectivity index (χ1v) is 6.51. The topological polar surface area (TPSA) is 71.4 Å². The predicted molar refractivity (Wildman–Crippen MR) is 57.9 cm³/mol. The van der Waals surface area contributed by atoms with Crippen LogP contribution >= 0.6 is 0 Å². The third-order valence-corrected chi connectivity index (χ3v) is 5.04. The Balaban J connectivity index is 2.28. The fourth-order valence-electron chi connectivity index (χ4n) is 1.68. The zero-order chi connectivity index (χ0) is 11.9. The van der Waals surface area contributed by atoms with Gasteiger partial charge >= 0.3 is 5.97 Å². The van der Waals surface area contributed by atoms with Crippen molar-refractivity contribution in [2.24, 2.45) is 5.92 Å². The summed E-state index contributed by atoms with van der Waals surface area (Å²) in [6.07, 6.45) is 0.228. The number of rotatable bonds is 3. The number of hydrogen-bond donors (Lipinski definition) is 1. The zero-order valence-electron chi connectivity index (χ0n) is 8.75. The van der Waals surface area contributed by atoms with Crippen LogP contribution in [0.2, 0.25) is 0 Å². The van der Waals surface area contributed by atoms with Crippen LogP contribution in [-0.2, 0) is 14.6 Å². The maximum atomic E-state index is 12.0. The Morgan fingerprint density at radius 2 is 1.88 bits per heavy atom. The highest BCUT2D eigenvalue weighted by molar-refractivity contribution is 7.92. The molecule has 1 N–H and O–H groups in total. The Hall–Kier alpha value is -1.36. The van der Waals surface area contributed by atoms with Gasteiger partial charge in [0.15, 0.2) is 9.84 Å². The summed E-state index contributed by atoms with van der Waals surface area (Å²) in [7, 11) is -3.46. The van der Waals surface area contributed by atoms with Gasteiger partial charge in [0.05, 0.1) is 16.1 Å². The molecule has 1 saturated carbocycles. The van der Waals surface area contributed by atoms with Crippen LogP contribution in [0.3, 0.4) is 0 Å². The van der Waals surface area contributed by atoms with E-state index in [2.05, 4.69) is 0 Å². The number of aliphatic carboxylic acids is 1. The predicted octanol–water partition coefficient (Wildman–Crippen LogP) is 1.24. The lowest BCUT2D eigenvalue weighted by atomic mass is 10.2. The van der Waals surface area contributed by atoms with E-state index >= 15 is 0 Å². The summed E-state index contributed by atoms with van der Waals surface area (Å²) >= 11 is 0. The Kier molecular flexibility index (Phi) is 2.50. The van der Waals surface area contributed by atoms with Crippen molar-refractivity contribution in [1.82, 2.24) is 0 Å². The maximum absolute atomic E-state index is 12.0. The van der Waals surface area contributed by atoms with Gasteiger partial charge in [-0.3, -0.25) is 4.79 Å². The van der Waals surface area contributed by atoms with E-state index in [1.165, 1.54) is 12.1 Å². The van der Waals surface area contributed by atoms with Gasteiger partial charge in [0.1, 0.15) is 0 Å². The molecule has 1 aromatic rings. The molecular weight excluding hydrogens is 228 g/mol. The average molecular weight is 240 g/mol. The van der Waals surface area contributed by atoms with Crippen LogP contribution in [0.5, 0.6) is 0 Å². The van der Waals surface area contributed by atoms with E-state index in [1.807, 2.05) is 6.92 Å². The van der Waals surface area contributed by atoms with Crippen molar-refractivity contribution < 1.29 is 18.3 Å². The Bertz CT molecular complexity index is 515. The number of carboxylic acid groups (broad SMARTS) is 1. The number of benzene rings is 1. The molecule has 0 unspecified atom stereocenters. The minimum atomic E-state index is -3.46. The minimum Gasteiger partial charge on any atom is -0.481 e. The molecular formula is C11H12O4S. The van der Waals surface area contributed by atoms with E-state index in [1.54, 1.807) is 12.1 Å². The standard InChI is InChI=1S/C11H12O4S/c1-7-2-4-8(5-3-7)16(14,15)10-6-9(10)11(12)13/h2-5,9-10H,6H2,1H3,(H,12,13)/t9-,10+/m0/s1. The average Bonchev–Trinajstić information content (AvgIpc) is 2.98. The van der Waals surface area contributed by atoms with Crippen molar-refractivity contribution >= 4 is 15.8 Å². The van der Waals surface area contributed by atoms with E-state index < -0.39 is 27.0 Å². The lowest BCUT2D eigenvalue weighted by Crippen LogP contribution is -2.13. The molecule has 0 heterocycles. The molecule has 2 rings (SSSR count). The van der Waals surface area contributed by atoms with Gasteiger partial charge in [-0.05, 0) is 25.5 Å². The van der Waals surface area contributed by atoms with Crippen molar-refractivity contribution in [1.29, 1.82) is 0 Å². The maximum Gasteiger partial charge on any atom is 0.307 e. The van der Waals surface area contributed by atoms with Crippen LogP contribution in [0.4, 0.5) is 0 Å². The van der Waals surface area contributed by atoms with Crippen LogP contribution in [0.25, 0.3) is 0 Å². The molecule has 0 amide bonds. The first kappa shape index (κ1) is 11.1. The highest BCUT2D eigenvalue weighted by atomic mass is 32.2. The lowest BCUT2D eigenvalue weighted by Gasteiger charge is -2.03. The molecule has 0 radical (unpaired) electrons. The summed E-state index contributed by atoms with van der Waals surface area (Å²) in [5, 5.41) is 7.97. The zero-order valence-corrected chi connectivity index (χ0v) is 9.57. The first-order chi connectivity index (χ1) is 7.43. The Labute approximate surface area is 93.8 Å². The number of hydrogen-bond acceptors (Lipinski definition) is 3. The largest absolute Gasteiger partial charge is 0.481 e. The van der Waals surface area contributed by atoms with Crippen LogP contribution < -0.4 is 0 Å².